The molecule has 2 aromatic carbocycles. The molecule has 0 aliphatic carbocycles. The van der Waals surface area contributed by atoms with Crippen LogP contribution in [0.2, 0.25) is 10.0 Å². The first-order chi connectivity index (χ1) is 21.9. The first kappa shape index (κ1) is 36.0. The fraction of sp³-hybridized carbons (Fsp3) is 0.333. The number of carbonyl (C=O) groups excluding carboxylic acids is 4. The lowest BCUT2D eigenvalue weighted by atomic mass is 10.1. The highest BCUT2D eigenvalue weighted by Crippen LogP contribution is 2.42. The summed E-state index contributed by atoms with van der Waals surface area (Å²) in [7, 11) is 0. The highest BCUT2D eigenvalue weighted by Gasteiger charge is 2.41. The van der Waals surface area contributed by atoms with E-state index in [9.17, 15) is 29.4 Å². The Morgan fingerprint density at radius 3 is 1.46 bits per heavy atom. The molecule has 0 radical (unpaired) electrons. The Bertz CT molecular complexity index is 1490. The van der Waals surface area contributed by atoms with Gasteiger partial charge >= 0.3 is 0 Å². The molecule has 244 valence electrons. The van der Waals surface area contributed by atoms with E-state index in [1.165, 1.54) is 46.2 Å². The second kappa shape index (κ2) is 16.8. The molecule has 4 rings (SSSR count). The van der Waals surface area contributed by atoms with E-state index in [0.29, 0.717) is 70.3 Å². The number of phenols is 2. The van der Waals surface area contributed by atoms with E-state index in [2.05, 4.69) is 10.6 Å². The van der Waals surface area contributed by atoms with Crippen LogP contribution in [0.5, 0.6) is 11.5 Å². The molecule has 2 aromatic rings. The number of thiocarbonyl (C=S) groups is 2. The van der Waals surface area contributed by atoms with Crippen LogP contribution in [0.1, 0.15) is 51.4 Å². The second-order valence-electron chi connectivity index (χ2n) is 10.3. The lowest BCUT2D eigenvalue weighted by molar-refractivity contribution is -0.124. The Kier molecular flexibility index (Phi) is 13.1. The van der Waals surface area contributed by atoms with Crippen LogP contribution in [0.3, 0.4) is 0 Å². The summed E-state index contributed by atoms with van der Waals surface area (Å²) < 4.78 is 0.729. The van der Waals surface area contributed by atoms with Gasteiger partial charge in [0.05, 0.1) is 21.2 Å². The molecule has 10 nitrogen and oxygen atoms in total. The van der Waals surface area contributed by atoms with Crippen molar-refractivity contribution in [2.75, 3.05) is 23.7 Å². The smallest absolute Gasteiger partial charge is 0.267 e. The molecule has 2 aliphatic rings. The number of thioether (sulfide) groups is 2. The third-order valence-electron chi connectivity index (χ3n) is 6.94. The summed E-state index contributed by atoms with van der Waals surface area (Å²) in [5.41, 5.74) is 0.496. The number of phenolic OH excluding ortho intramolecular Hbond substituents is 2. The number of aromatic hydroxyl groups is 2. The number of nitrogens with zero attached hydrogens (tertiary/aromatic N) is 2. The quantitative estimate of drug-likeness (QED) is 0.0691. The predicted octanol–water partition coefficient (Wildman–Crippen LogP) is 7.03. The summed E-state index contributed by atoms with van der Waals surface area (Å²) in [4.78, 5) is 54.4. The summed E-state index contributed by atoms with van der Waals surface area (Å²) >= 11 is 24.9. The minimum atomic E-state index is -0.332. The van der Waals surface area contributed by atoms with Crippen molar-refractivity contribution >= 4 is 115 Å². The molecule has 0 aromatic heterocycles. The summed E-state index contributed by atoms with van der Waals surface area (Å²) in [6.07, 6.45) is 4.13. The van der Waals surface area contributed by atoms with Crippen LogP contribution >= 0.6 is 71.2 Å². The van der Waals surface area contributed by atoms with Gasteiger partial charge < -0.3 is 20.8 Å². The van der Waals surface area contributed by atoms with Gasteiger partial charge in [-0.05, 0) is 62.1 Å². The molecule has 4 amide bonds. The van der Waals surface area contributed by atoms with Crippen molar-refractivity contribution in [2.45, 2.75) is 51.4 Å². The van der Waals surface area contributed by atoms with E-state index in [0.717, 1.165) is 23.5 Å². The Hall–Kier alpha value is -2.88. The maximum absolute atomic E-state index is 13.2. The van der Waals surface area contributed by atoms with Gasteiger partial charge in [0.1, 0.15) is 20.1 Å². The molecule has 0 saturated carbocycles. The van der Waals surface area contributed by atoms with E-state index in [1.54, 1.807) is 0 Å². The van der Waals surface area contributed by atoms with Crippen molar-refractivity contribution < 1.29 is 29.4 Å². The lowest BCUT2D eigenvalue weighted by Gasteiger charge is -2.14. The number of halogens is 2. The molecule has 2 heterocycles. The monoisotopic (exact) mass is 740 g/mol. The second-order valence-corrected chi connectivity index (χ2v) is 14.5. The van der Waals surface area contributed by atoms with Gasteiger partial charge in [-0.1, -0.05) is 84.0 Å². The Morgan fingerprint density at radius 2 is 1.07 bits per heavy atom. The molecule has 2 saturated heterocycles. The molecule has 4 N–H and O–H groups in total. The van der Waals surface area contributed by atoms with Crippen LogP contribution in [-0.2, 0) is 19.2 Å². The minimum absolute atomic E-state index is 0.0700. The first-order valence-corrected chi connectivity index (χ1v) is 17.5. The average Bonchev–Trinajstić information content (AvgIpc) is 3.44. The number of hydrogen-bond acceptors (Lipinski definition) is 10. The molecule has 0 atom stereocenters. The van der Waals surface area contributed by atoms with Gasteiger partial charge in [0, 0.05) is 36.0 Å². The molecular weight excluding hydrogens is 712 g/mol. The molecule has 16 heteroatoms. The third-order valence-corrected chi connectivity index (χ3v) is 10.4. The van der Waals surface area contributed by atoms with Gasteiger partial charge in [-0.25, -0.2) is 0 Å². The van der Waals surface area contributed by atoms with E-state index < -0.39 is 0 Å². The van der Waals surface area contributed by atoms with Gasteiger partial charge in [0.25, 0.3) is 11.8 Å². The number of nitrogens with one attached hydrogen (secondary N) is 2. The van der Waals surface area contributed by atoms with Gasteiger partial charge in [-0.3, -0.25) is 29.0 Å². The molecule has 46 heavy (non-hydrogen) atoms. The van der Waals surface area contributed by atoms with Gasteiger partial charge in [0.2, 0.25) is 11.8 Å². The predicted molar refractivity (Wildman–Crippen MR) is 191 cm³/mol. The largest absolute Gasteiger partial charge is 0.506 e. The Labute approximate surface area is 295 Å². The van der Waals surface area contributed by atoms with Crippen molar-refractivity contribution in [1.82, 2.24) is 9.80 Å². The minimum Gasteiger partial charge on any atom is -0.506 e. The number of hydrogen-bond donors (Lipinski definition) is 4. The van der Waals surface area contributed by atoms with E-state index in [1.807, 2.05) is 0 Å². The van der Waals surface area contributed by atoms with Crippen LogP contribution in [0.4, 0.5) is 11.4 Å². The van der Waals surface area contributed by atoms with Gasteiger partial charge in [-0.2, -0.15) is 0 Å². The molecule has 2 aliphatic heterocycles. The molecular formula is C30H30Cl2N4O6S4. The van der Waals surface area contributed by atoms with Crippen molar-refractivity contribution in [3.8, 4) is 11.5 Å². The van der Waals surface area contributed by atoms with E-state index in [4.69, 9.17) is 47.6 Å². The topological polar surface area (TPSA) is 139 Å². The molecule has 0 spiro atoms. The third kappa shape index (κ3) is 9.58. The van der Waals surface area contributed by atoms with Crippen molar-refractivity contribution in [1.29, 1.82) is 0 Å². The Balaban J connectivity index is 1.18. The fourth-order valence-corrected chi connectivity index (χ4v) is 7.68. The van der Waals surface area contributed by atoms with Gasteiger partial charge in [-0.15, -0.1) is 0 Å². The average molecular weight is 742 g/mol. The number of rotatable bonds is 14. The normalized spacial score (nSPS) is 16.5. The standard InChI is InChI=1S/C30H30Cl2N4O6S4/c31-17-9-11-21(37)19(15-17)33-23(39)7-3-1-5-13-35-27(41)25(45-29(35)43)26-28(42)36(30(44)46-26)14-6-2-4-8-24(40)34-20-16-18(32)10-12-22(20)38/h9-12,15-16,37-38H,1-8,13-14H2,(H,33,39)(H,34,40)/b26-25+. The van der Waals surface area contributed by atoms with Gasteiger partial charge in [0.15, 0.2) is 0 Å². The van der Waals surface area contributed by atoms with Crippen molar-refractivity contribution in [3.63, 3.8) is 0 Å². The van der Waals surface area contributed by atoms with E-state index >= 15 is 0 Å². The summed E-state index contributed by atoms with van der Waals surface area (Å²) in [6.45, 7) is 0.714. The van der Waals surface area contributed by atoms with Crippen LogP contribution in [0.15, 0.2) is 46.2 Å². The molecule has 2 fully saturated rings. The highest BCUT2D eigenvalue weighted by molar-refractivity contribution is 8.29. The zero-order valence-electron chi connectivity index (χ0n) is 24.3. The number of amides is 4. The summed E-state index contributed by atoms with van der Waals surface area (Å²) in [5.74, 6) is -1.32. The maximum Gasteiger partial charge on any atom is 0.267 e. The van der Waals surface area contributed by atoms with Crippen LogP contribution in [0.25, 0.3) is 0 Å². The molecule has 0 bridgehead atoms. The number of benzene rings is 2. The Morgan fingerprint density at radius 1 is 0.674 bits per heavy atom. The van der Waals surface area contributed by atoms with Crippen molar-refractivity contribution in [2.24, 2.45) is 0 Å². The van der Waals surface area contributed by atoms with E-state index in [-0.39, 0.29) is 69.2 Å². The number of anilines is 2. The summed E-state index contributed by atoms with van der Waals surface area (Å²) in [5, 5.41) is 25.8. The van der Waals surface area contributed by atoms with Crippen molar-refractivity contribution in [3.05, 3.63) is 56.3 Å². The van der Waals surface area contributed by atoms with Crippen LogP contribution < -0.4 is 10.6 Å². The lowest BCUT2D eigenvalue weighted by Crippen LogP contribution is -2.31. The highest BCUT2D eigenvalue weighted by atomic mass is 35.5. The van der Waals surface area contributed by atoms with Crippen LogP contribution in [-0.4, -0.2) is 65.4 Å². The fourth-order valence-electron chi connectivity index (χ4n) is 4.56. The zero-order valence-corrected chi connectivity index (χ0v) is 29.1. The first-order valence-electron chi connectivity index (χ1n) is 14.3. The zero-order chi connectivity index (χ0) is 33.4. The number of carbonyl (C=O) groups is 4. The SMILES string of the molecule is O=C(CCCCCN1C(=O)/C(=C2\SC(=S)N(CCCCCC(=O)Nc3cc(Cl)ccc3O)C2=O)SC1=S)Nc1cc(Cl)ccc1O. The maximum atomic E-state index is 13.2. The number of unbranched alkanes of at least 4 members (excludes halogenated alkanes) is 4. The summed E-state index contributed by atoms with van der Waals surface area (Å²) in [6, 6.07) is 8.80. The van der Waals surface area contributed by atoms with Crippen LogP contribution in [0, 0.1) is 0 Å². The molecule has 0 unspecified atom stereocenters.